The molecule has 3 aromatic rings. The van der Waals surface area contributed by atoms with E-state index in [2.05, 4.69) is 22.8 Å². The summed E-state index contributed by atoms with van der Waals surface area (Å²) in [5.41, 5.74) is 4.02. The lowest BCUT2D eigenvalue weighted by atomic mass is 9.98. The number of carbonyl (C=O) groups excluding carboxylic acids is 2. The van der Waals surface area contributed by atoms with Gasteiger partial charge >= 0.3 is 12.1 Å². The highest BCUT2D eigenvalue weighted by Crippen LogP contribution is 2.44. The van der Waals surface area contributed by atoms with Crippen LogP contribution in [-0.2, 0) is 14.3 Å². The Bertz CT molecular complexity index is 1190. The second kappa shape index (κ2) is 10.0. The van der Waals surface area contributed by atoms with Gasteiger partial charge in [-0.2, -0.15) is 0 Å². The van der Waals surface area contributed by atoms with E-state index in [1.54, 1.807) is 44.2 Å². The maximum absolute atomic E-state index is 12.6. The summed E-state index contributed by atoms with van der Waals surface area (Å²) >= 11 is 0. The van der Waals surface area contributed by atoms with Crippen LogP contribution >= 0.6 is 0 Å². The van der Waals surface area contributed by atoms with E-state index < -0.39 is 29.6 Å². The van der Waals surface area contributed by atoms with Crippen molar-refractivity contribution in [2.24, 2.45) is 0 Å². The van der Waals surface area contributed by atoms with Crippen LogP contribution < -0.4 is 10.6 Å². The molecule has 0 bridgehead atoms. The number of aliphatic carboxylic acids is 1. The predicted octanol–water partition coefficient (Wildman–Crippen LogP) is 4.64. The van der Waals surface area contributed by atoms with Crippen LogP contribution in [-0.4, -0.2) is 35.2 Å². The molecule has 3 aromatic carbocycles. The quantitative estimate of drug-likeness (QED) is 0.443. The molecule has 1 unspecified atom stereocenters. The van der Waals surface area contributed by atoms with Crippen molar-refractivity contribution in [2.45, 2.75) is 37.8 Å². The van der Waals surface area contributed by atoms with Crippen LogP contribution in [0.3, 0.4) is 0 Å². The number of hydrogen-bond donors (Lipinski definition) is 3. The number of fused-ring (bicyclic) bond motifs is 3. The molecule has 7 nitrogen and oxygen atoms in total. The largest absolute Gasteiger partial charge is 0.479 e. The molecule has 4 rings (SSSR count). The average Bonchev–Trinajstić information content (AvgIpc) is 3.14. The summed E-state index contributed by atoms with van der Waals surface area (Å²) in [6, 6.07) is 23.4. The summed E-state index contributed by atoms with van der Waals surface area (Å²) in [4.78, 5) is 36.9. The molecule has 35 heavy (non-hydrogen) atoms. The lowest BCUT2D eigenvalue weighted by Crippen LogP contribution is -2.48. The summed E-state index contributed by atoms with van der Waals surface area (Å²) < 4.78 is 5.57. The molecule has 0 aliphatic heterocycles. The van der Waals surface area contributed by atoms with Crippen molar-refractivity contribution in [2.75, 3.05) is 6.61 Å². The third-order valence-electron chi connectivity index (χ3n) is 6.07. The Morgan fingerprint density at radius 2 is 1.43 bits per heavy atom. The Morgan fingerprint density at radius 1 is 0.886 bits per heavy atom. The van der Waals surface area contributed by atoms with Gasteiger partial charge in [0, 0.05) is 17.9 Å². The Labute approximate surface area is 204 Å². The second-order valence-corrected chi connectivity index (χ2v) is 9.26. The lowest BCUT2D eigenvalue weighted by molar-refractivity contribution is -0.142. The summed E-state index contributed by atoms with van der Waals surface area (Å²) in [5.74, 6) is -1.72. The molecule has 0 spiro atoms. The Morgan fingerprint density at radius 3 is 2.00 bits per heavy atom. The van der Waals surface area contributed by atoms with Gasteiger partial charge in [-0.3, -0.25) is 4.79 Å². The van der Waals surface area contributed by atoms with Gasteiger partial charge in [-0.05, 0) is 41.7 Å². The molecule has 0 aromatic heterocycles. The summed E-state index contributed by atoms with van der Waals surface area (Å²) in [6.45, 7) is 3.54. The first-order valence-corrected chi connectivity index (χ1v) is 11.5. The highest BCUT2D eigenvalue weighted by molar-refractivity contribution is 5.85. The van der Waals surface area contributed by atoms with Crippen LogP contribution in [0, 0.1) is 0 Å². The van der Waals surface area contributed by atoms with E-state index in [1.165, 1.54) is 0 Å². The zero-order valence-corrected chi connectivity index (χ0v) is 19.7. The standard InChI is InChI=1S/C28H28N2O5/c1-28(2,16-24(31)29-25(26(32)33)18-10-4-3-5-11-18)30-27(34)35-17-23-21-14-8-6-12-19(21)20-13-7-9-15-22(20)23/h3-15,23,25H,16-17H2,1-2H3,(H,29,31)(H,30,34)(H,32,33). The van der Waals surface area contributed by atoms with E-state index in [0.717, 1.165) is 22.3 Å². The van der Waals surface area contributed by atoms with Gasteiger partial charge < -0.3 is 20.5 Å². The Balaban J connectivity index is 1.35. The fraction of sp³-hybridized carbons (Fsp3) is 0.250. The van der Waals surface area contributed by atoms with Crippen LogP contribution in [0.2, 0.25) is 0 Å². The maximum atomic E-state index is 12.6. The van der Waals surface area contributed by atoms with Crippen molar-refractivity contribution in [3.05, 3.63) is 95.6 Å². The number of carboxylic acids is 1. The molecule has 180 valence electrons. The zero-order valence-electron chi connectivity index (χ0n) is 19.7. The van der Waals surface area contributed by atoms with Crippen molar-refractivity contribution >= 4 is 18.0 Å². The minimum absolute atomic E-state index is 0.0678. The minimum Gasteiger partial charge on any atom is -0.479 e. The van der Waals surface area contributed by atoms with Crippen LogP contribution in [0.4, 0.5) is 4.79 Å². The molecule has 7 heteroatoms. The number of alkyl carbamates (subject to hydrolysis) is 1. The van der Waals surface area contributed by atoms with E-state index in [0.29, 0.717) is 5.56 Å². The van der Waals surface area contributed by atoms with E-state index in [1.807, 2.05) is 36.4 Å². The third-order valence-corrected chi connectivity index (χ3v) is 6.07. The highest BCUT2D eigenvalue weighted by Gasteiger charge is 2.31. The summed E-state index contributed by atoms with van der Waals surface area (Å²) in [6.07, 6.45) is -0.754. The molecular formula is C28H28N2O5. The van der Waals surface area contributed by atoms with Crippen LogP contribution in [0.5, 0.6) is 0 Å². The Kier molecular flexibility index (Phi) is 6.87. The number of amides is 2. The number of hydrogen-bond acceptors (Lipinski definition) is 4. The molecule has 0 saturated heterocycles. The molecule has 1 aliphatic rings. The Hall–Kier alpha value is -4.13. The van der Waals surface area contributed by atoms with Crippen molar-refractivity contribution in [3.63, 3.8) is 0 Å². The van der Waals surface area contributed by atoms with E-state index in [-0.39, 0.29) is 18.9 Å². The topological polar surface area (TPSA) is 105 Å². The molecule has 0 heterocycles. The average molecular weight is 473 g/mol. The molecule has 1 aliphatic carbocycles. The normalized spacial score (nSPS) is 13.3. The first-order chi connectivity index (χ1) is 16.7. The van der Waals surface area contributed by atoms with Crippen LogP contribution in [0.1, 0.15) is 48.9 Å². The van der Waals surface area contributed by atoms with Crippen molar-refractivity contribution in [1.82, 2.24) is 10.6 Å². The smallest absolute Gasteiger partial charge is 0.407 e. The van der Waals surface area contributed by atoms with Crippen LogP contribution in [0.25, 0.3) is 11.1 Å². The maximum Gasteiger partial charge on any atom is 0.407 e. The predicted molar refractivity (Wildman–Crippen MR) is 132 cm³/mol. The lowest BCUT2D eigenvalue weighted by Gasteiger charge is -2.26. The third kappa shape index (κ3) is 5.51. The monoisotopic (exact) mass is 472 g/mol. The molecule has 3 N–H and O–H groups in total. The molecule has 0 saturated carbocycles. The molecule has 2 amide bonds. The zero-order chi connectivity index (χ0) is 25.0. The number of nitrogens with one attached hydrogen (secondary N) is 2. The van der Waals surface area contributed by atoms with Gasteiger partial charge in [0.05, 0.1) is 0 Å². The van der Waals surface area contributed by atoms with E-state index in [4.69, 9.17) is 4.74 Å². The van der Waals surface area contributed by atoms with Gasteiger partial charge in [-0.15, -0.1) is 0 Å². The number of carbonyl (C=O) groups is 3. The SMILES string of the molecule is CC(C)(CC(=O)NC(C(=O)O)c1ccccc1)NC(=O)OCC1c2ccccc2-c2ccccc21. The molecule has 1 atom stereocenters. The molecule has 0 radical (unpaired) electrons. The van der Waals surface area contributed by atoms with Crippen LogP contribution in [0.15, 0.2) is 78.9 Å². The van der Waals surface area contributed by atoms with Gasteiger partial charge in [0.15, 0.2) is 6.04 Å². The van der Waals surface area contributed by atoms with Gasteiger partial charge in [-0.25, -0.2) is 9.59 Å². The van der Waals surface area contributed by atoms with Gasteiger partial charge in [0.1, 0.15) is 6.61 Å². The van der Waals surface area contributed by atoms with E-state index >= 15 is 0 Å². The molecule has 0 fully saturated rings. The fourth-order valence-corrected chi connectivity index (χ4v) is 4.50. The van der Waals surface area contributed by atoms with Gasteiger partial charge in [-0.1, -0.05) is 78.9 Å². The summed E-state index contributed by atoms with van der Waals surface area (Å²) in [5, 5.41) is 14.8. The van der Waals surface area contributed by atoms with Crippen molar-refractivity contribution < 1.29 is 24.2 Å². The highest BCUT2D eigenvalue weighted by atomic mass is 16.5. The van der Waals surface area contributed by atoms with E-state index in [9.17, 15) is 19.5 Å². The fourth-order valence-electron chi connectivity index (χ4n) is 4.50. The van der Waals surface area contributed by atoms with Crippen molar-refractivity contribution in [1.29, 1.82) is 0 Å². The number of benzene rings is 3. The summed E-state index contributed by atoms with van der Waals surface area (Å²) in [7, 11) is 0. The van der Waals surface area contributed by atoms with Gasteiger partial charge in [0.2, 0.25) is 5.91 Å². The second-order valence-electron chi connectivity index (χ2n) is 9.26. The number of carboxylic acid groups (broad SMARTS) is 1. The van der Waals surface area contributed by atoms with Crippen molar-refractivity contribution in [3.8, 4) is 11.1 Å². The minimum atomic E-state index is -1.17. The first kappa shape index (κ1) is 24.0. The van der Waals surface area contributed by atoms with Gasteiger partial charge in [0.25, 0.3) is 0 Å². The molecular weight excluding hydrogens is 444 g/mol. The number of ether oxygens (including phenoxy) is 1. The number of rotatable bonds is 8. The first-order valence-electron chi connectivity index (χ1n) is 11.5.